The topological polar surface area (TPSA) is 46.6 Å². The molecule has 6 rings (SSSR count). The molecule has 0 saturated heterocycles. The summed E-state index contributed by atoms with van der Waals surface area (Å²) in [5.74, 6) is 0.464. The van der Waals surface area contributed by atoms with E-state index >= 15 is 0 Å². The van der Waals surface area contributed by atoms with Gasteiger partial charge in [0.25, 0.3) is 0 Å². The Kier molecular flexibility index (Phi) is 7.54. The van der Waals surface area contributed by atoms with Gasteiger partial charge in [-0.3, -0.25) is 9.59 Å². The van der Waals surface area contributed by atoms with Crippen molar-refractivity contribution in [2.45, 2.75) is 72.8 Å². The van der Waals surface area contributed by atoms with Crippen LogP contribution in [0, 0.1) is 10.8 Å². The molecule has 2 aliphatic carbocycles. The lowest BCUT2D eigenvalue weighted by molar-refractivity contribution is -0.119. The van der Waals surface area contributed by atoms with Crippen LogP contribution in [0.15, 0.2) is 86.1 Å². The Balaban J connectivity index is 1.54. The maximum Gasteiger partial charge on any atom is 0.162 e. The van der Waals surface area contributed by atoms with E-state index in [1.807, 2.05) is 24.3 Å². The highest BCUT2D eigenvalue weighted by Gasteiger charge is 2.49. The summed E-state index contributed by atoms with van der Waals surface area (Å²) in [6.07, 6.45) is 2.52. The zero-order valence-corrected chi connectivity index (χ0v) is 28.1. The number of fused-ring (bicyclic) bond motifs is 1. The minimum absolute atomic E-state index is 0.130. The van der Waals surface area contributed by atoms with Crippen molar-refractivity contribution in [2.24, 2.45) is 10.8 Å². The van der Waals surface area contributed by atoms with E-state index in [9.17, 15) is 9.59 Å². The van der Waals surface area contributed by atoms with E-state index in [-0.39, 0.29) is 22.4 Å². The zero-order valence-electron chi connectivity index (χ0n) is 24.9. The van der Waals surface area contributed by atoms with Gasteiger partial charge in [-0.15, -0.1) is 0 Å². The van der Waals surface area contributed by atoms with E-state index in [1.165, 1.54) is 0 Å². The molecule has 4 nitrogen and oxygen atoms in total. The lowest BCUT2D eigenvalue weighted by atomic mass is 9.63. The molecule has 6 heteroatoms. The number of carbonyl (C=O) groups is 2. The molecule has 3 aliphatic rings. The third-order valence-electron chi connectivity index (χ3n) is 8.94. The maximum atomic E-state index is 14.1. The highest BCUT2D eigenvalue weighted by atomic mass is 79.9. The second-order valence-electron chi connectivity index (χ2n) is 13.5. The molecule has 0 bridgehead atoms. The number of allylic oxidation sites excluding steroid dienone is 4. The fourth-order valence-electron chi connectivity index (χ4n) is 7.26. The van der Waals surface area contributed by atoms with Crippen molar-refractivity contribution in [2.75, 3.05) is 6.54 Å². The van der Waals surface area contributed by atoms with Gasteiger partial charge in [0.2, 0.25) is 0 Å². The van der Waals surface area contributed by atoms with Crippen LogP contribution in [0.3, 0.4) is 0 Å². The zero-order chi connectivity index (χ0) is 30.0. The average Bonchev–Trinajstić information content (AvgIpc) is 2.90. The van der Waals surface area contributed by atoms with E-state index < -0.39 is 5.92 Å². The first kappa shape index (κ1) is 29.4. The highest BCUT2D eigenvalue weighted by molar-refractivity contribution is 9.11. The molecule has 0 spiro atoms. The van der Waals surface area contributed by atoms with Crippen LogP contribution >= 0.6 is 31.9 Å². The summed E-state index contributed by atoms with van der Waals surface area (Å²) >= 11 is 7.50. The predicted octanol–water partition coefficient (Wildman–Crippen LogP) is 9.65. The van der Waals surface area contributed by atoms with Gasteiger partial charge in [-0.05, 0) is 75.0 Å². The average molecular weight is 692 g/mol. The number of benzene rings is 3. The molecule has 42 heavy (non-hydrogen) atoms. The predicted molar refractivity (Wildman–Crippen MR) is 175 cm³/mol. The number of ether oxygens (including phenoxy) is 1. The van der Waals surface area contributed by atoms with Crippen LogP contribution in [0.25, 0.3) is 10.8 Å². The lowest BCUT2D eigenvalue weighted by Crippen LogP contribution is -2.44. The minimum Gasteiger partial charge on any atom is -0.487 e. The van der Waals surface area contributed by atoms with Crippen molar-refractivity contribution in [3.05, 3.63) is 97.2 Å². The third kappa shape index (κ3) is 5.19. The number of ketones is 2. The Morgan fingerprint density at radius 1 is 0.833 bits per heavy atom. The molecular weight excluding hydrogens is 654 g/mol. The van der Waals surface area contributed by atoms with E-state index in [2.05, 4.69) is 102 Å². The van der Waals surface area contributed by atoms with Crippen molar-refractivity contribution in [3.8, 4) is 5.75 Å². The SMILES string of the molecule is CCN1C2=C(C(=O)CC(C)(C)C2)C(c2cc(Br)cc(Br)c2OCc2cccc3ccccc23)C2=C1CC(C)(C)CC2=O. The summed E-state index contributed by atoms with van der Waals surface area (Å²) in [6, 6.07) is 18.6. The van der Waals surface area contributed by atoms with Crippen LogP contribution < -0.4 is 4.74 Å². The third-order valence-corrected chi connectivity index (χ3v) is 9.98. The molecule has 3 aromatic rings. The summed E-state index contributed by atoms with van der Waals surface area (Å²) in [6.45, 7) is 11.9. The minimum atomic E-state index is -0.471. The summed E-state index contributed by atoms with van der Waals surface area (Å²) in [7, 11) is 0. The number of hydrogen-bond donors (Lipinski definition) is 0. The first-order chi connectivity index (χ1) is 19.9. The van der Waals surface area contributed by atoms with Crippen LogP contribution in [0.1, 0.15) is 77.3 Å². The van der Waals surface area contributed by atoms with Crippen molar-refractivity contribution in [3.63, 3.8) is 0 Å². The smallest absolute Gasteiger partial charge is 0.162 e. The molecule has 0 radical (unpaired) electrons. The summed E-state index contributed by atoms with van der Waals surface area (Å²) < 4.78 is 8.35. The molecule has 1 heterocycles. The molecule has 0 fully saturated rings. The largest absolute Gasteiger partial charge is 0.487 e. The lowest BCUT2D eigenvalue weighted by Gasteiger charge is -2.49. The van der Waals surface area contributed by atoms with Gasteiger partial charge < -0.3 is 9.64 Å². The van der Waals surface area contributed by atoms with E-state index in [0.29, 0.717) is 25.2 Å². The van der Waals surface area contributed by atoms with Gasteiger partial charge in [0.05, 0.1) is 4.47 Å². The molecular formula is C36H37Br2NO3. The van der Waals surface area contributed by atoms with Crippen LogP contribution in [0.5, 0.6) is 5.75 Å². The number of halogens is 2. The van der Waals surface area contributed by atoms with Gasteiger partial charge in [-0.25, -0.2) is 0 Å². The monoisotopic (exact) mass is 689 g/mol. The summed E-state index contributed by atoms with van der Waals surface area (Å²) in [4.78, 5) is 30.5. The van der Waals surface area contributed by atoms with E-state index in [0.717, 1.165) is 72.8 Å². The number of rotatable bonds is 5. The Labute approximate surface area is 265 Å². The van der Waals surface area contributed by atoms with Crippen LogP contribution in [0.2, 0.25) is 0 Å². The molecule has 0 N–H and O–H groups in total. The quantitative estimate of drug-likeness (QED) is 0.268. The highest BCUT2D eigenvalue weighted by Crippen LogP contribution is 2.56. The molecule has 3 aromatic carbocycles. The van der Waals surface area contributed by atoms with Crippen LogP contribution in [-0.2, 0) is 16.2 Å². The van der Waals surface area contributed by atoms with Gasteiger partial charge in [-0.2, -0.15) is 0 Å². The van der Waals surface area contributed by atoms with Crippen LogP contribution in [0.4, 0.5) is 0 Å². The molecule has 0 atom stereocenters. The van der Waals surface area contributed by atoms with Gasteiger partial charge in [0.15, 0.2) is 11.6 Å². The Bertz CT molecular complexity index is 1640. The Hall–Kier alpha value is -2.70. The molecule has 1 aliphatic heterocycles. The fourth-order valence-corrected chi connectivity index (χ4v) is 8.63. The number of Topliss-reactive ketones (excluding diaryl/α,β-unsaturated/α-hetero) is 2. The van der Waals surface area contributed by atoms with Crippen LogP contribution in [-0.4, -0.2) is 23.0 Å². The van der Waals surface area contributed by atoms with E-state index in [1.54, 1.807) is 0 Å². The first-order valence-electron chi connectivity index (χ1n) is 14.8. The van der Waals surface area contributed by atoms with Crippen molar-refractivity contribution in [1.82, 2.24) is 4.90 Å². The number of hydrogen-bond acceptors (Lipinski definition) is 4. The Morgan fingerprint density at radius 2 is 1.43 bits per heavy atom. The summed E-state index contributed by atoms with van der Waals surface area (Å²) in [5.41, 5.74) is 5.32. The standard InChI is InChI=1S/C36H37Br2NO3/c1-6-39-27-16-35(2,3)18-29(40)32(27)31(33-28(39)17-36(4,5)19-30(33)41)25-14-23(37)15-26(38)34(25)42-20-22-12-9-11-21-10-7-8-13-24(21)22/h7-15,31H,6,16-20H2,1-5H3. The summed E-state index contributed by atoms with van der Waals surface area (Å²) in [5, 5.41) is 2.31. The molecule has 0 unspecified atom stereocenters. The van der Waals surface area contributed by atoms with Gasteiger partial charge in [0, 0.05) is 57.9 Å². The molecule has 0 amide bonds. The molecule has 0 saturated carbocycles. The number of nitrogens with zero attached hydrogens (tertiary/aromatic N) is 1. The molecule has 0 aromatic heterocycles. The fraction of sp³-hybridized carbons (Fsp3) is 0.389. The van der Waals surface area contributed by atoms with Gasteiger partial charge in [-0.1, -0.05) is 86.1 Å². The first-order valence-corrected chi connectivity index (χ1v) is 16.4. The van der Waals surface area contributed by atoms with Crippen molar-refractivity contribution >= 4 is 54.2 Å². The van der Waals surface area contributed by atoms with Crippen molar-refractivity contribution in [1.29, 1.82) is 0 Å². The van der Waals surface area contributed by atoms with Gasteiger partial charge >= 0.3 is 0 Å². The normalized spacial score (nSPS) is 20.2. The molecule has 218 valence electrons. The van der Waals surface area contributed by atoms with Crippen molar-refractivity contribution < 1.29 is 14.3 Å². The van der Waals surface area contributed by atoms with Gasteiger partial charge in [0.1, 0.15) is 12.4 Å². The Morgan fingerprint density at radius 3 is 2.05 bits per heavy atom. The maximum absolute atomic E-state index is 14.1. The second-order valence-corrected chi connectivity index (χ2v) is 15.3. The van der Waals surface area contributed by atoms with E-state index in [4.69, 9.17) is 4.74 Å². The number of carbonyl (C=O) groups excluding carboxylic acids is 2. The second kappa shape index (κ2) is 10.8.